The lowest BCUT2D eigenvalue weighted by atomic mass is 10.2. The second-order valence-electron chi connectivity index (χ2n) is 6.76. The molecule has 0 heterocycles. The molecule has 1 aliphatic rings. The number of amides is 1. The summed E-state index contributed by atoms with van der Waals surface area (Å²) in [6.45, 7) is 0.937. The van der Waals surface area contributed by atoms with E-state index in [2.05, 4.69) is 5.32 Å². The molecule has 0 aliphatic heterocycles. The van der Waals surface area contributed by atoms with E-state index in [4.69, 9.17) is 0 Å². The monoisotopic (exact) mass is 377 g/mol. The molecule has 1 saturated carbocycles. The minimum atomic E-state index is -3.32. The van der Waals surface area contributed by atoms with E-state index in [0.717, 1.165) is 29.6 Å². The first-order valence-electron chi connectivity index (χ1n) is 8.50. The van der Waals surface area contributed by atoms with Crippen LogP contribution in [0.3, 0.4) is 0 Å². The van der Waals surface area contributed by atoms with Gasteiger partial charge in [-0.3, -0.25) is 4.79 Å². The minimum Gasteiger partial charge on any atom is -0.321 e. The van der Waals surface area contributed by atoms with Crippen LogP contribution >= 0.6 is 0 Å². The smallest absolute Gasteiger partial charge is 0.279 e. The zero-order valence-corrected chi connectivity index (χ0v) is 15.4. The van der Waals surface area contributed by atoms with Crippen LogP contribution in [-0.4, -0.2) is 33.2 Å². The highest BCUT2D eigenvalue weighted by Gasteiger charge is 2.34. The average molecular weight is 377 g/mol. The largest absolute Gasteiger partial charge is 0.321 e. The third-order valence-electron chi connectivity index (χ3n) is 4.43. The SMILES string of the molecule is CS(=O)(=O)c1cccc(NC(=O)C[NH+](Cc2ccc(F)cc2)C2CC2)c1. The molecule has 0 bridgehead atoms. The number of carbonyl (C=O) groups is 1. The van der Waals surface area contributed by atoms with Crippen molar-refractivity contribution in [1.82, 2.24) is 0 Å². The molecule has 1 unspecified atom stereocenters. The number of carbonyl (C=O) groups excluding carboxylic acids is 1. The average Bonchev–Trinajstić information content (AvgIpc) is 3.40. The van der Waals surface area contributed by atoms with Gasteiger partial charge >= 0.3 is 0 Å². The fourth-order valence-electron chi connectivity index (χ4n) is 2.92. The van der Waals surface area contributed by atoms with Crippen molar-refractivity contribution in [1.29, 1.82) is 0 Å². The highest BCUT2D eigenvalue weighted by atomic mass is 32.2. The summed E-state index contributed by atoms with van der Waals surface area (Å²) in [6, 6.07) is 13.0. The second-order valence-corrected chi connectivity index (χ2v) is 8.78. The molecule has 138 valence electrons. The van der Waals surface area contributed by atoms with Crippen molar-refractivity contribution in [3.05, 3.63) is 59.9 Å². The molecule has 2 aromatic carbocycles. The van der Waals surface area contributed by atoms with Crippen molar-refractivity contribution in [2.75, 3.05) is 18.1 Å². The summed E-state index contributed by atoms with van der Waals surface area (Å²) >= 11 is 0. The van der Waals surface area contributed by atoms with Gasteiger partial charge in [0, 0.05) is 30.3 Å². The number of sulfone groups is 1. The predicted octanol–water partition coefficient (Wildman–Crippen LogP) is 1.42. The molecular formula is C19H22FN2O3S+. The zero-order chi connectivity index (χ0) is 18.7. The van der Waals surface area contributed by atoms with Gasteiger partial charge < -0.3 is 10.2 Å². The summed E-state index contributed by atoms with van der Waals surface area (Å²) in [5, 5.41) is 2.78. The van der Waals surface area contributed by atoms with Gasteiger partial charge in [0.1, 0.15) is 12.4 Å². The summed E-state index contributed by atoms with van der Waals surface area (Å²) in [5.41, 5.74) is 1.45. The van der Waals surface area contributed by atoms with E-state index in [1.165, 1.54) is 24.3 Å². The zero-order valence-electron chi connectivity index (χ0n) is 14.5. The number of rotatable bonds is 7. The number of hydrogen-bond donors (Lipinski definition) is 2. The predicted molar refractivity (Wildman–Crippen MR) is 97.1 cm³/mol. The Balaban J connectivity index is 1.64. The molecule has 2 aromatic rings. The second kappa shape index (κ2) is 7.55. The number of anilines is 1. The maximum Gasteiger partial charge on any atom is 0.279 e. The Hall–Kier alpha value is -2.25. The Kier molecular flexibility index (Phi) is 5.38. The van der Waals surface area contributed by atoms with Gasteiger partial charge in [0.25, 0.3) is 5.91 Å². The highest BCUT2D eigenvalue weighted by molar-refractivity contribution is 7.90. The Bertz CT molecular complexity index is 893. The van der Waals surface area contributed by atoms with Crippen LogP contribution in [-0.2, 0) is 21.2 Å². The maximum atomic E-state index is 13.1. The first kappa shape index (κ1) is 18.5. The van der Waals surface area contributed by atoms with Gasteiger partial charge in [-0.2, -0.15) is 0 Å². The van der Waals surface area contributed by atoms with E-state index in [1.54, 1.807) is 24.3 Å². The summed E-state index contributed by atoms with van der Waals surface area (Å²) < 4.78 is 36.3. The summed E-state index contributed by atoms with van der Waals surface area (Å²) in [5.74, 6) is -0.440. The quantitative estimate of drug-likeness (QED) is 0.767. The van der Waals surface area contributed by atoms with Crippen molar-refractivity contribution < 1.29 is 22.5 Å². The standard InChI is InChI=1S/C19H21FN2O3S/c1-26(24,25)18-4-2-3-16(11-18)21-19(23)13-22(17-9-10-17)12-14-5-7-15(20)8-6-14/h2-8,11,17H,9-10,12-13H2,1H3,(H,21,23)/p+1. The topological polar surface area (TPSA) is 67.7 Å². The lowest BCUT2D eigenvalue weighted by Gasteiger charge is -2.19. The number of benzene rings is 2. The Labute approximate surface area is 152 Å². The van der Waals surface area contributed by atoms with Gasteiger partial charge in [-0.25, -0.2) is 12.8 Å². The van der Waals surface area contributed by atoms with E-state index in [-0.39, 0.29) is 23.2 Å². The summed E-state index contributed by atoms with van der Waals surface area (Å²) in [6.07, 6.45) is 3.29. The molecular weight excluding hydrogens is 355 g/mol. The van der Waals surface area contributed by atoms with Crippen molar-refractivity contribution in [2.45, 2.75) is 30.3 Å². The van der Waals surface area contributed by atoms with Gasteiger partial charge in [0.05, 0.1) is 10.9 Å². The molecule has 7 heteroatoms. The molecule has 0 radical (unpaired) electrons. The Morgan fingerprint density at radius 3 is 2.50 bits per heavy atom. The van der Waals surface area contributed by atoms with Crippen molar-refractivity contribution in [3.63, 3.8) is 0 Å². The third kappa shape index (κ3) is 5.12. The molecule has 1 atom stereocenters. The summed E-state index contributed by atoms with van der Waals surface area (Å²) in [4.78, 5) is 13.7. The molecule has 1 fully saturated rings. The van der Waals surface area contributed by atoms with E-state index in [1.807, 2.05) is 0 Å². The Morgan fingerprint density at radius 1 is 1.19 bits per heavy atom. The van der Waals surface area contributed by atoms with Crippen LogP contribution < -0.4 is 10.2 Å². The third-order valence-corrected chi connectivity index (χ3v) is 5.54. The molecule has 0 aromatic heterocycles. The van der Waals surface area contributed by atoms with Crippen LogP contribution in [0, 0.1) is 5.82 Å². The van der Waals surface area contributed by atoms with Gasteiger partial charge in [-0.05, 0) is 30.3 Å². The fraction of sp³-hybridized carbons (Fsp3) is 0.316. The van der Waals surface area contributed by atoms with E-state index in [9.17, 15) is 17.6 Å². The van der Waals surface area contributed by atoms with Crippen LogP contribution in [0.2, 0.25) is 0 Å². The number of halogens is 1. The van der Waals surface area contributed by atoms with Crippen LogP contribution in [0.1, 0.15) is 18.4 Å². The first-order valence-corrected chi connectivity index (χ1v) is 10.4. The van der Waals surface area contributed by atoms with Crippen LogP contribution in [0.25, 0.3) is 0 Å². The van der Waals surface area contributed by atoms with E-state index < -0.39 is 9.84 Å². The lowest BCUT2D eigenvalue weighted by molar-refractivity contribution is -0.916. The van der Waals surface area contributed by atoms with Crippen molar-refractivity contribution >= 4 is 21.4 Å². The molecule has 3 rings (SSSR count). The van der Waals surface area contributed by atoms with Gasteiger partial charge in [-0.1, -0.05) is 18.2 Å². The first-order chi connectivity index (χ1) is 12.3. The molecule has 1 amide bonds. The van der Waals surface area contributed by atoms with Crippen molar-refractivity contribution in [2.24, 2.45) is 0 Å². The number of quaternary nitrogens is 1. The number of hydrogen-bond acceptors (Lipinski definition) is 3. The molecule has 2 N–H and O–H groups in total. The molecule has 0 spiro atoms. The normalized spacial score (nSPS) is 15.5. The lowest BCUT2D eigenvalue weighted by Crippen LogP contribution is -3.13. The highest BCUT2D eigenvalue weighted by Crippen LogP contribution is 2.17. The van der Waals surface area contributed by atoms with E-state index >= 15 is 0 Å². The van der Waals surface area contributed by atoms with E-state index in [0.29, 0.717) is 18.3 Å². The summed E-state index contributed by atoms with van der Waals surface area (Å²) in [7, 11) is -3.32. The van der Waals surface area contributed by atoms with Crippen molar-refractivity contribution in [3.8, 4) is 0 Å². The maximum absolute atomic E-state index is 13.1. The fourth-order valence-corrected chi connectivity index (χ4v) is 3.59. The van der Waals surface area contributed by atoms with Gasteiger partial charge in [0.15, 0.2) is 16.4 Å². The molecule has 5 nitrogen and oxygen atoms in total. The van der Waals surface area contributed by atoms with Crippen LogP contribution in [0.4, 0.5) is 10.1 Å². The molecule has 26 heavy (non-hydrogen) atoms. The van der Waals surface area contributed by atoms with Gasteiger partial charge in [0.2, 0.25) is 0 Å². The molecule has 0 saturated heterocycles. The molecule has 1 aliphatic carbocycles. The van der Waals surface area contributed by atoms with Crippen LogP contribution in [0.15, 0.2) is 53.4 Å². The van der Waals surface area contributed by atoms with Crippen LogP contribution in [0.5, 0.6) is 0 Å². The Morgan fingerprint density at radius 2 is 1.88 bits per heavy atom. The van der Waals surface area contributed by atoms with Gasteiger partial charge in [-0.15, -0.1) is 0 Å². The minimum absolute atomic E-state index is 0.167. The number of nitrogens with one attached hydrogen (secondary N) is 2.